The first-order valence-corrected chi connectivity index (χ1v) is 11.0. The van der Waals surface area contributed by atoms with E-state index in [0.29, 0.717) is 22.8 Å². The zero-order valence-corrected chi connectivity index (χ0v) is 19.0. The van der Waals surface area contributed by atoms with E-state index in [1.54, 1.807) is 6.07 Å². The van der Waals surface area contributed by atoms with Crippen molar-refractivity contribution in [3.8, 4) is 0 Å². The summed E-state index contributed by atoms with van der Waals surface area (Å²) in [4.78, 5) is 47.2. The molecule has 0 unspecified atom stereocenters. The van der Waals surface area contributed by atoms with E-state index in [1.165, 1.54) is 11.3 Å². The van der Waals surface area contributed by atoms with Crippen molar-refractivity contribution in [3.05, 3.63) is 33.6 Å². The van der Waals surface area contributed by atoms with Gasteiger partial charge in [-0.15, -0.1) is 11.3 Å². The number of fused-ring (bicyclic) bond motifs is 1. The molecule has 0 aliphatic carbocycles. The Labute approximate surface area is 193 Å². The third kappa shape index (κ3) is 5.58. The molecule has 0 spiro atoms. The molecule has 12 heteroatoms. The second-order valence-electron chi connectivity index (χ2n) is 8.35. The van der Waals surface area contributed by atoms with Crippen LogP contribution in [0.2, 0.25) is 0 Å². The van der Waals surface area contributed by atoms with Gasteiger partial charge >= 0.3 is 11.9 Å². The molecule has 0 saturated heterocycles. The number of H-pyrrole nitrogens is 1. The van der Waals surface area contributed by atoms with Gasteiger partial charge in [0.2, 0.25) is 5.95 Å². The van der Waals surface area contributed by atoms with Crippen LogP contribution in [0.25, 0.3) is 11.0 Å². The number of aromatic amines is 1. The Morgan fingerprint density at radius 1 is 1.21 bits per heavy atom. The van der Waals surface area contributed by atoms with Crippen LogP contribution < -0.4 is 16.8 Å². The number of aliphatic carboxylic acids is 2. The molecule has 33 heavy (non-hydrogen) atoms. The van der Waals surface area contributed by atoms with E-state index in [-0.39, 0.29) is 24.2 Å². The van der Waals surface area contributed by atoms with Crippen LogP contribution in [0.1, 0.15) is 53.2 Å². The van der Waals surface area contributed by atoms with Gasteiger partial charge in [0.05, 0.1) is 10.3 Å². The summed E-state index contributed by atoms with van der Waals surface area (Å²) in [5.41, 5.74) is 12.9. The highest BCUT2D eigenvalue weighted by atomic mass is 32.1. The molecule has 11 nitrogen and oxygen atoms in total. The second-order valence-corrected chi connectivity index (χ2v) is 9.43. The predicted molar refractivity (Wildman–Crippen MR) is 124 cm³/mol. The SMILES string of the molecule is CC(C)(CCc1c[nH]c2nc(N)nc(N)c12)c1ccc(C(=O)N[C@@H](CCC(=O)O)C(=O)O)s1. The number of carboxylic acid groups (broad SMARTS) is 2. The van der Waals surface area contributed by atoms with Crippen molar-refractivity contribution in [3.63, 3.8) is 0 Å². The summed E-state index contributed by atoms with van der Waals surface area (Å²) in [5.74, 6) is -2.52. The van der Waals surface area contributed by atoms with Gasteiger partial charge in [0.1, 0.15) is 17.5 Å². The quantitative estimate of drug-likeness (QED) is 0.255. The van der Waals surface area contributed by atoms with Crippen LogP contribution in [0.3, 0.4) is 0 Å². The second kappa shape index (κ2) is 9.45. The van der Waals surface area contributed by atoms with Crippen LogP contribution in [0, 0.1) is 0 Å². The number of nitrogens with one attached hydrogen (secondary N) is 2. The Morgan fingerprint density at radius 3 is 2.61 bits per heavy atom. The van der Waals surface area contributed by atoms with Crippen molar-refractivity contribution in [2.75, 3.05) is 11.5 Å². The maximum Gasteiger partial charge on any atom is 0.326 e. The van der Waals surface area contributed by atoms with Gasteiger partial charge < -0.3 is 32.0 Å². The average Bonchev–Trinajstić information content (AvgIpc) is 3.37. The van der Waals surface area contributed by atoms with Gasteiger partial charge in [0.25, 0.3) is 5.91 Å². The molecule has 3 rings (SSSR count). The number of carbonyl (C=O) groups is 3. The van der Waals surface area contributed by atoms with E-state index < -0.39 is 23.9 Å². The van der Waals surface area contributed by atoms with Crippen LogP contribution in [-0.2, 0) is 21.4 Å². The lowest BCUT2D eigenvalue weighted by Gasteiger charge is -2.23. The largest absolute Gasteiger partial charge is 0.481 e. The minimum atomic E-state index is -1.27. The molecule has 0 saturated carbocycles. The third-order valence-corrected chi connectivity index (χ3v) is 6.87. The number of amides is 1. The lowest BCUT2D eigenvalue weighted by atomic mass is 9.85. The van der Waals surface area contributed by atoms with Gasteiger partial charge in [0, 0.05) is 17.5 Å². The van der Waals surface area contributed by atoms with Crippen molar-refractivity contribution < 1.29 is 24.6 Å². The van der Waals surface area contributed by atoms with Crippen LogP contribution in [0.5, 0.6) is 0 Å². The minimum absolute atomic E-state index is 0.103. The zero-order valence-electron chi connectivity index (χ0n) is 18.2. The molecule has 0 aromatic carbocycles. The molecule has 3 aromatic heterocycles. The molecule has 3 aromatic rings. The summed E-state index contributed by atoms with van der Waals surface area (Å²) in [5, 5.41) is 21.2. The summed E-state index contributed by atoms with van der Waals surface area (Å²) < 4.78 is 0. The van der Waals surface area contributed by atoms with Crippen LogP contribution in [0.15, 0.2) is 18.3 Å². The van der Waals surface area contributed by atoms with Gasteiger partial charge in [0.15, 0.2) is 0 Å². The van der Waals surface area contributed by atoms with E-state index >= 15 is 0 Å². The molecule has 0 aliphatic heterocycles. The molecule has 1 amide bonds. The standard InChI is InChI=1S/C21H26N6O5S/c1-21(2,8-7-10-9-24-17-15(10)16(22)26-20(23)27-17)13-5-4-12(33-13)18(30)25-11(19(31)32)3-6-14(28)29/h4-5,9,11H,3,6-8H2,1-2H3,(H,25,30)(H,28,29)(H,31,32)(H5,22,23,24,26,27)/t11-/m0/s1. The van der Waals surface area contributed by atoms with Gasteiger partial charge in [-0.2, -0.15) is 9.97 Å². The molecule has 0 fully saturated rings. The number of anilines is 2. The minimum Gasteiger partial charge on any atom is -0.481 e. The highest BCUT2D eigenvalue weighted by molar-refractivity contribution is 7.14. The predicted octanol–water partition coefficient (Wildman–Crippen LogP) is 2.14. The fourth-order valence-corrected chi connectivity index (χ4v) is 4.53. The number of thiophene rings is 1. The lowest BCUT2D eigenvalue weighted by Crippen LogP contribution is -2.40. The summed E-state index contributed by atoms with van der Waals surface area (Å²) in [6.45, 7) is 4.11. The number of nitrogen functional groups attached to an aromatic ring is 2. The number of aryl methyl sites for hydroxylation is 1. The van der Waals surface area contributed by atoms with Crippen LogP contribution in [-0.4, -0.2) is 49.1 Å². The van der Waals surface area contributed by atoms with Gasteiger partial charge in [-0.05, 0) is 42.4 Å². The van der Waals surface area contributed by atoms with E-state index in [9.17, 15) is 19.5 Å². The van der Waals surface area contributed by atoms with E-state index in [2.05, 4.69) is 34.1 Å². The molecule has 0 bridgehead atoms. The number of carboxylic acids is 2. The Bertz CT molecular complexity index is 1200. The summed E-state index contributed by atoms with van der Waals surface area (Å²) in [6, 6.07) is 2.23. The average molecular weight is 475 g/mol. The number of aromatic nitrogens is 3. The monoisotopic (exact) mass is 474 g/mol. The fourth-order valence-electron chi connectivity index (χ4n) is 3.49. The van der Waals surface area contributed by atoms with E-state index in [0.717, 1.165) is 22.2 Å². The Morgan fingerprint density at radius 2 is 1.94 bits per heavy atom. The smallest absolute Gasteiger partial charge is 0.326 e. The molecule has 8 N–H and O–H groups in total. The van der Waals surface area contributed by atoms with Crippen molar-refractivity contribution >= 4 is 52.0 Å². The number of hydrogen-bond acceptors (Lipinski definition) is 8. The Hall–Kier alpha value is -3.67. The van der Waals surface area contributed by atoms with Crippen molar-refractivity contribution in [2.24, 2.45) is 0 Å². The lowest BCUT2D eigenvalue weighted by molar-refractivity contribution is -0.140. The molecule has 0 radical (unpaired) electrons. The first-order valence-electron chi connectivity index (χ1n) is 10.2. The van der Waals surface area contributed by atoms with Crippen LogP contribution in [0.4, 0.5) is 11.8 Å². The molecule has 176 valence electrons. The van der Waals surface area contributed by atoms with Crippen molar-refractivity contribution in [1.82, 2.24) is 20.3 Å². The van der Waals surface area contributed by atoms with Crippen molar-refractivity contribution in [1.29, 1.82) is 0 Å². The highest BCUT2D eigenvalue weighted by Crippen LogP contribution is 2.35. The molecule has 1 atom stereocenters. The Balaban J connectivity index is 1.69. The first kappa shape index (κ1) is 24.0. The maximum absolute atomic E-state index is 12.5. The topological polar surface area (TPSA) is 197 Å². The van der Waals surface area contributed by atoms with Gasteiger partial charge in [-0.25, -0.2) is 4.79 Å². The van der Waals surface area contributed by atoms with Crippen LogP contribution >= 0.6 is 11.3 Å². The summed E-state index contributed by atoms with van der Waals surface area (Å²) in [6.07, 6.45) is 2.71. The maximum atomic E-state index is 12.5. The first-order chi connectivity index (χ1) is 15.5. The number of hydrogen-bond donors (Lipinski definition) is 6. The zero-order chi connectivity index (χ0) is 24.3. The Kier molecular flexibility index (Phi) is 6.86. The van der Waals surface area contributed by atoms with Crippen molar-refractivity contribution in [2.45, 2.75) is 51.0 Å². The third-order valence-electron chi connectivity index (χ3n) is 5.42. The summed E-state index contributed by atoms with van der Waals surface area (Å²) in [7, 11) is 0. The highest BCUT2D eigenvalue weighted by Gasteiger charge is 2.27. The number of rotatable bonds is 10. The fraction of sp³-hybridized carbons (Fsp3) is 0.381. The molecular weight excluding hydrogens is 448 g/mol. The number of nitrogens with two attached hydrogens (primary N) is 2. The molecule has 0 aliphatic rings. The van der Waals surface area contributed by atoms with E-state index in [1.807, 2.05) is 12.3 Å². The number of carbonyl (C=O) groups excluding carboxylic acids is 1. The van der Waals surface area contributed by atoms with Gasteiger partial charge in [-0.1, -0.05) is 13.8 Å². The summed E-state index contributed by atoms with van der Waals surface area (Å²) >= 11 is 1.28. The van der Waals surface area contributed by atoms with E-state index in [4.69, 9.17) is 16.6 Å². The molecular formula is C21H26N6O5S. The molecule has 3 heterocycles. The normalized spacial score (nSPS) is 12.5. The van der Waals surface area contributed by atoms with Gasteiger partial charge in [-0.3, -0.25) is 9.59 Å². The number of nitrogens with zero attached hydrogens (tertiary/aromatic N) is 2.